The molecular formula is C18H12F5N3O2. The summed E-state index contributed by atoms with van der Waals surface area (Å²) in [6, 6.07) is 7.35. The number of benzene rings is 2. The van der Waals surface area contributed by atoms with Gasteiger partial charge in [0, 0.05) is 17.8 Å². The third kappa shape index (κ3) is 3.95. The lowest BCUT2D eigenvalue weighted by Crippen LogP contribution is -2.20. The first-order valence-corrected chi connectivity index (χ1v) is 7.76. The standard InChI is InChI=1S/C18H12F5N3O2/c1-28-14-7-11(20)6-12(8-14)25-17(27)15-9-24-26(16(15)18(21,22)23)13-4-2-10(19)3-5-13/h2-9H,1H3,(H,25,27). The van der Waals surface area contributed by atoms with Gasteiger partial charge in [0.2, 0.25) is 0 Å². The fourth-order valence-corrected chi connectivity index (χ4v) is 2.52. The molecule has 0 radical (unpaired) electrons. The second kappa shape index (κ2) is 7.29. The van der Waals surface area contributed by atoms with Crippen molar-refractivity contribution in [1.29, 1.82) is 0 Å². The van der Waals surface area contributed by atoms with Crippen molar-refractivity contribution in [1.82, 2.24) is 9.78 Å². The van der Waals surface area contributed by atoms with E-state index in [0.717, 1.165) is 42.6 Å². The molecule has 0 aliphatic carbocycles. The van der Waals surface area contributed by atoms with Gasteiger partial charge in [-0.3, -0.25) is 4.79 Å². The summed E-state index contributed by atoms with van der Waals surface area (Å²) in [6.07, 6.45) is -4.20. The number of carbonyl (C=O) groups excluding carboxylic acids is 1. The molecule has 1 aromatic heterocycles. The monoisotopic (exact) mass is 397 g/mol. The maximum Gasteiger partial charge on any atom is 0.434 e. The molecule has 0 spiro atoms. The molecule has 0 bridgehead atoms. The van der Waals surface area contributed by atoms with Gasteiger partial charge in [-0.2, -0.15) is 18.3 Å². The Hall–Kier alpha value is -3.43. The van der Waals surface area contributed by atoms with Crippen molar-refractivity contribution in [2.24, 2.45) is 0 Å². The Morgan fingerprint density at radius 3 is 2.36 bits per heavy atom. The van der Waals surface area contributed by atoms with Gasteiger partial charge in [0.15, 0.2) is 5.69 Å². The highest BCUT2D eigenvalue weighted by molar-refractivity contribution is 6.05. The number of hydrogen-bond acceptors (Lipinski definition) is 3. The Bertz CT molecular complexity index is 1010. The zero-order chi connectivity index (χ0) is 20.5. The summed E-state index contributed by atoms with van der Waals surface area (Å²) >= 11 is 0. The number of alkyl halides is 3. The average molecular weight is 397 g/mol. The molecule has 0 saturated carbocycles. The zero-order valence-corrected chi connectivity index (χ0v) is 14.2. The van der Waals surface area contributed by atoms with Gasteiger partial charge in [-0.15, -0.1) is 0 Å². The Morgan fingerprint density at radius 2 is 1.75 bits per heavy atom. The quantitative estimate of drug-likeness (QED) is 0.663. The molecule has 0 saturated heterocycles. The van der Waals surface area contributed by atoms with Crippen LogP contribution in [-0.4, -0.2) is 22.8 Å². The van der Waals surface area contributed by atoms with E-state index in [4.69, 9.17) is 4.74 Å². The van der Waals surface area contributed by atoms with E-state index in [1.165, 1.54) is 13.2 Å². The Kier molecular flexibility index (Phi) is 5.04. The van der Waals surface area contributed by atoms with E-state index in [1.807, 2.05) is 0 Å². The number of anilines is 1. The molecule has 2 aromatic carbocycles. The van der Waals surface area contributed by atoms with Crippen LogP contribution in [0.2, 0.25) is 0 Å². The van der Waals surface area contributed by atoms with Crippen LogP contribution in [0.15, 0.2) is 48.7 Å². The van der Waals surface area contributed by atoms with E-state index in [0.29, 0.717) is 4.68 Å². The van der Waals surface area contributed by atoms with Crippen molar-refractivity contribution in [2.45, 2.75) is 6.18 Å². The second-order valence-corrected chi connectivity index (χ2v) is 5.63. The van der Waals surface area contributed by atoms with Gasteiger partial charge in [0.25, 0.3) is 5.91 Å². The molecule has 0 fully saturated rings. The fraction of sp³-hybridized carbons (Fsp3) is 0.111. The van der Waals surface area contributed by atoms with Gasteiger partial charge in [-0.05, 0) is 30.3 Å². The molecule has 28 heavy (non-hydrogen) atoms. The minimum atomic E-state index is -4.93. The summed E-state index contributed by atoms with van der Waals surface area (Å²) in [5, 5.41) is 5.80. The summed E-state index contributed by atoms with van der Waals surface area (Å²) in [5.41, 5.74) is -2.30. The number of aromatic nitrogens is 2. The lowest BCUT2D eigenvalue weighted by molar-refractivity contribution is -0.143. The summed E-state index contributed by atoms with van der Waals surface area (Å²) in [4.78, 5) is 12.4. The van der Waals surface area contributed by atoms with Gasteiger partial charge in [-0.1, -0.05) is 0 Å². The maximum atomic E-state index is 13.6. The molecule has 1 amide bonds. The van der Waals surface area contributed by atoms with E-state index in [1.54, 1.807) is 0 Å². The maximum absolute atomic E-state index is 13.6. The van der Waals surface area contributed by atoms with Crippen LogP contribution in [0.4, 0.5) is 27.6 Å². The predicted molar refractivity (Wildman–Crippen MR) is 89.4 cm³/mol. The molecular weight excluding hydrogens is 385 g/mol. The average Bonchev–Trinajstić information content (AvgIpc) is 3.07. The molecule has 3 rings (SSSR count). The number of amides is 1. The highest BCUT2D eigenvalue weighted by Crippen LogP contribution is 2.34. The molecule has 1 heterocycles. The van der Waals surface area contributed by atoms with Crippen LogP contribution in [0.5, 0.6) is 5.75 Å². The van der Waals surface area contributed by atoms with Crippen LogP contribution in [-0.2, 0) is 6.18 Å². The van der Waals surface area contributed by atoms with Crippen molar-refractivity contribution < 1.29 is 31.5 Å². The van der Waals surface area contributed by atoms with E-state index in [9.17, 15) is 26.7 Å². The first-order valence-electron chi connectivity index (χ1n) is 7.76. The van der Waals surface area contributed by atoms with Crippen LogP contribution in [0.1, 0.15) is 16.1 Å². The van der Waals surface area contributed by atoms with Gasteiger partial charge in [0.05, 0.1) is 24.6 Å². The molecule has 5 nitrogen and oxygen atoms in total. The number of carbonyl (C=O) groups is 1. The molecule has 0 atom stereocenters. The van der Waals surface area contributed by atoms with Crippen molar-refractivity contribution >= 4 is 11.6 Å². The number of rotatable bonds is 4. The number of halogens is 5. The van der Waals surface area contributed by atoms with E-state index >= 15 is 0 Å². The van der Waals surface area contributed by atoms with E-state index < -0.39 is 35.0 Å². The number of ether oxygens (including phenoxy) is 1. The summed E-state index contributed by atoms with van der Waals surface area (Å²) in [5.74, 6) is -2.45. The van der Waals surface area contributed by atoms with Gasteiger partial charge in [0.1, 0.15) is 17.4 Å². The number of nitrogens with one attached hydrogen (secondary N) is 1. The number of methoxy groups -OCH3 is 1. The van der Waals surface area contributed by atoms with E-state index in [-0.39, 0.29) is 17.1 Å². The van der Waals surface area contributed by atoms with Crippen LogP contribution in [0.3, 0.4) is 0 Å². The van der Waals surface area contributed by atoms with Crippen LogP contribution in [0.25, 0.3) is 5.69 Å². The molecule has 0 unspecified atom stereocenters. The summed E-state index contributed by atoms with van der Waals surface area (Å²) in [7, 11) is 1.27. The fourth-order valence-electron chi connectivity index (χ4n) is 2.52. The Morgan fingerprint density at radius 1 is 1.07 bits per heavy atom. The summed E-state index contributed by atoms with van der Waals surface area (Å²) in [6.45, 7) is 0. The first-order chi connectivity index (χ1) is 13.2. The number of nitrogens with zero attached hydrogens (tertiary/aromatic N) is 2. The lowest BCUT2D eigenvalue weighted by Gasteiger charge is -2.13. The van der Waals surface area contributed by atoms with Crippen molar-refractivity contribution in [3.8, 4) is 11.4 Å². The summed E-state index contributed by atoms with van der Waals surface area (Å²) < 4.78 is 72.7. The Labute approximate surface area is 155 Å². The predicted octanol–water partition coefficient (Wildman–Crippen LogP) is 4.43. The van der Waals surface area contributed by atoms with Gasteiger partial charge >= 0.3 is 6.18 Å². The normalized spacial score (nSPS) is 11.4. The van der Waals surface area contributed by atoms with Crippen molar-refractivity contribution in [2.75, 3.05) is 12.4 Å². The second-order valence-electron chi connectivity index (χ2n) is 5.63. The van der Waals surface area contributed by atoms with Crippen molar-refractivity contribution in [3.63, 3.8) is 0 Å². The number of hydrogen-bond donors (Lipinski definition) is 1. The third-order valence-electron chi connectivity index (χ3n) is 3.72. The highest BCUT2D eigenvalue weighted by atomic mass is 19.4. The SMILES string of the molecule is COc1cc(F)cc(NC(=O)c2cnn(-c3ccc(F)cc3)c2C(F)(F)F)c1. The molecule has 1 N–H and O–H groups in total. The van der Waals surface area contributed by atoms with E-state index in [2.05, 4.69) is 10.4 Å². The molecule has 0 aliphatic heterocycles. The zero-order valence-electron chi connectivity index (χ0n) is 14.2. The molecule has 10 heteroatoms. The smallest absolute Gasteiger partial charge is 0.434 e. The van der Waals surface area contributed by atoms with Crippen molar-refractivity contribution in [3.05, 3.63) is 71.6 Å². The highest BCUT2D eigenvalue weighted by Gasteiger charge is 2.40. The van der Waals surface area contributed by atoms with Crippen LogP contribution >= 0.6 is 0 Å². The minimum Gasteiger partial charge on any atom is -0.497 e. The lowest BCUT2D eigenvalue weighted by atomic mass is 10.2. The molecule has 146 valence electrons. The topological polar surface area (TPSA) is 56.1 Å². The third-order valence-corrected chi connectivity index (χ3v) is 3.72. The molecule has 0 aliphatic rings. The van der Waals surface area contributed by atoms with Crippen LogP contribution in [0, 0.1) is 11.6 Å². The molecule has 3 aromatic rings. The van der Waals surface area contributed by atoms with Crippen LogP contribution < -0.4 is 10.1 Å². The first kappa shape index (κ1) is 19.3. The Balaban J connectivity index is 2.01. The van der Waals surface area contributed by atoms with Gasteiger partial charge in [-0.25, -0.2) is 13.5 Å². The minimum absolute atomic E-state index is 0.0772. The van der Waals surface area contributed by atoms with Gasteiger partial charge < -0.3 is 10.1 Å². The largest absolute Gasteiger partial charge is 0.497 e.